The molecule has 0 aromatic heterocycles. The maximum Gasteiger partial charge on any atom is 0.255 e. The molecular weight excluding hydrogens is 288 g/mol. The molecule has 0 saturated carbocycles. The van der Waals surface area contributed by atoms with Gasteiger partial charge in [-0.1, -0.05) is 13.0 Å². The van der Waals surface area contributed by atoms with E-state index < -0.39 is 0 Å². The smallest absolute Gasteiger partial charge is 0.255 e. The number of ether oxygens (including phenoxy) is 1. The Morgan fingerprint density at radius 1 is 1.17 bits per heavy atom. The molecule has 0 aliphatic carbocycles. The summed E-state index contributed by atoms with van der Waals surface area (Å²) in [6, 6.07) is 13.3. The predicted octanol–water partition coefficient (Wildman–Crippen LogP) is 4.10. The Hall–Kier alpha value is -2.49. The van der Waals surface area contributed by atoms with Gasteiger partial charge in [0, 0.05) is 31.0 Å². The van der Waals surface area contributed by atoms with Crippen molar-refractivity contribution in [2.24, 2.45) is 0 Å². The molecule has 2 aromatic carbocycles. The van der Waals surface area contributed by atoms with Gasteiger partial charge in [0.1, 0.15) is 5.75 Å². The molecule has 1 N–H and O–H groups in total. The molecule has 0 heterocycles. The average Bonchev–Trinajstić information content (AvgIpc) is 2.55. The summed E-state index contributed by atoms with van der Waals surface area (Å²) in [7, 11) is 3.91. The van der Waals surface area contributed by atoms with Crippen LogP contribution in [0.1, 0.15) is 29.3 Å². The summed E-state index contributed by atoms with van der Waals surface area (Å²) >= 11 is 0. The number of carbonyl (C=O) groups excluding carboxylic acids is 1. The zero-order chi connectivity index (χ0) is 16.8. The zero-order valence-electron chi connectivity index (χ0n) is 14.2. The summed E-state index contributed by atoms with van der Waals surface area (Å²) in [4.78, 5) is 14.4. The average molecular weight is 312 g/mol. The Kier molecular flexibility index (Phi) is 5.63. The number of carbonyl (C=O) groups is 1. The summed E-state index contributed by atoms with van der Waals surface area (Å²) in [5.41, 5.74) is 3.42. The Morgan fingerprint density at radius 3 is 2.61 bits per heavy atom. The molecule has 0 bridgehead atoms. The van der Waals surface area contributed by atoms with Gasteiger partial charge in [0.2, 0.25) is 0 Å². The van der Waals surface area contributed by atoms with Crippen molar-refractivity contribution in [2.75, 3.05) is 30.9 Å². The van der Waals surface area contributed by atoms with E-state index in [1.807, 2.05) is 68.4 Å². The van der Waals surface area contributed by atoms with Crippen molar-refractivity contribution >= 4 is 17.3 Å². The summed E-state index contributed by atoms with van der Waals surface area (Å²) < 4.78 is 5.60. The van der Waals surface area contributed by atoms with Crippen LogP contribution >= 0.6 is 0 Å². The third kappa shape index (κ3) is 4.49. The van der Waals surface area contributed by atoms with Crippen molar-refractivity contribution in [2.45, 2.75) is 20.3 Å². The van der Waals surface area contributed by atoms with Gasteiger partial charge < -0.3 is 15.0 Å². The van der Waals surface area contributed by atoms with Gasteiger partial charge in [0.25, 0.3) is 5.91 Å². The standard InChI is InChI=1S/C19H24N2O2/c1-5-11-23-17-9-10-18(14(2)12-17)20-19(22)15-7-6-8-16(13-15)21(3)4/h6-10,12-13H,5,11H2,1-4H3,(H,20,22). The van der Waals surface area contributed by atoms with Crippen LogP contribution in [-0.4, -0.2) is 26.6 Å². The number of nitrogens with one attached hydrogen (secondary N) is 1. The van der Waals surface area contributed by atoms with E-state index in [-0.39, 0.29) is 5.91 Å². The van der Waals surface area contributed by atoms with Crippen LogP contribution in [0.5, 0.6) is 5.75 Å². The highest BCUT2D eigenvalue weighted by Crippen LogP contribution is 2.22. The Balaban J connectivity index is 2.12. The molecule has 4 nitrogen and oxygen atoms in total. The third-order valence-electron chi connectivity index (χ3n) is 3.54. The van der Waals surface area contributed by atoms with E-state index in [4.69, 9.17) is 4.74 Å². The Bertz CT molecular complexity index is 681. The topological polar surface area (TPSA) is 41.6 Å². The van der Waals surface area contributed by atoms with Crippen LogP contribution in [-0.2, 0) is 0 Å². The molecule has 4 heteroatoms. The third-order valence-corrected chi connectivity index (χ3v) is 3.54. The maximum absolute atomic E-state index is 12.4. The van der Waals surface area contributed by atoms with Gasteiger partial charge in [-0.15, -0.1) is 0 Å². The molecule has 0 unspecified atom stereocenters. The van der Waals surface area contributed by atoms with Crippen LogP contribution in [0.3, 0.4) is 0 Å². The molecule has 1 amide bonds. The van der Waals surface area contributed by atoms with Gasteiger partial charge in [-0.3, -0.25) is 4.79 Å². The first kappa shape index (κ1) is 16.9. The number of rotatable bonds is 6. The minimum atomic E-state index is -0.112. The van der Waals surface area contributed by atoms with Crippen LogP contribution in [0, 0.1) is 6.92 Å². The molecule has 0 aliphatic rings. The second kappa shape index (κ2) is 7.68. The van der Waals surface area contributed by atoms with E-state index in [1.54, 1.807) is 0 Å². The fourth-order valence-electron chi connectivity index (χ4n) is 2.21. The first-order chi connectivity index (χ1) is 11.0. The molecule has 0 saturated heterocycles. The van der Waals surface area contributed by atoms with Crippen molar-refractivity contribution in [3.8, 4) is 5.75 Å². The van der Waals surface area contributed by atoms with Gasteiger partial charge >= 0.3 is 0 Å². The molecule has 23 heavy (non-hydrogen) atoms. The van der Waals surface area contributed by atoms with Crippen LogP contribution in [0.15, 0.2) is 42.5 Å². The highest BCUT2D eigenvalue weighted by molar-refractivity contribution is 6.05. The minimum Gasteiger partial charge on any atom is -0.494 e. The van der Waals surface area contributed by atoms with Crippen LogP contribution in [0.4, 0.5) is 11.4 Å². The normalized spacial score (nSPS) is 10.3. The summed E-state index contributed by atoms with van der Waals surface area (Å²) in [5, 5.41) is 2.96. The number of nitrogens with zero attached hydrogens (tertiary/aromatic N) is 1. The number of amides is 1. The van der Waals surface area contributed by atoms with Crippen molar-refractivity contribution in [1.82, 2.24) is 0 Å². The Morgan fingerprint density at radius 2 is 1.96 bits per heavy atom. The molecule has 0 atom stereocenters. The fraction of sp³-hybridized carbons (Fsp3) is 0.316. The van der Waals surface area contributed by atoms with E-state index in [1.165, 1.54) is 0 Å². The lowest BCUT2D eigenvalue weighted by Crippen LogP contribution is -2.14. The highest BCUT2D eigenvalue weighted by atomic mass is 16.5. The monoisotopic (exact) mass is 312 g/mol. The molecule has 2 aromatic rings. The van der Waals surface area contributed by atoms with Crippen molar-refractivity contribution in [3.05, 3.63) is 53.6 Å². The lowest BCUT2D eigenvalue weighted by Gasteiger charge is -2.14. The quantitative estimate of drug-likeness (QED) is 0.873. The fourth-order valence-corrected chi connectivity index (χ4v) is 2.21. The number of hydrogen-bond acceptors (Lipinski definition) is 3. The molecule has 0 aliphatic heterocycles. The SMILES string of the molecule is CCCOc1ccc(NC(=O)c2cccc(N(C)C)c2)c(C)c1. The van der Waals surface area contributed by atoms with Gasteiger partial charge in [-0.25, -0.2) is 0 Å². The van der Waals surface area contributed by atoms with Crippen LogP contribution in [0.2, 0.25) is 0 Å². The van der Waals surface area contributed by atoms with E-state index in [0.717, 1.165) is 29.1 Å². The highest BCUT2D eigenvalue weighted by Gasteiger charge is 2.09. The summed E-state index contributed by atoms with van der Waals surface area (Å²) in [5.74, 6) is 0.719. The van der Waals surface area contributed by atoms with Crippen molar-refractivity contribution < 1.29 is 9.53 Å². The number of anilines is 2. The first-order valence-corrected chi connectivity index (χ1v) is 7.83. The Labute approximate surface area is 138 Å². The van der Waals surface area contributed by atoms with Crippen LogP contribution < -0.4 is 15.0 Å². The number of benzene rings is 2. The second-order valence-corrected chi connectivity index (χ2v) is 5.72. The van der Waals surface area contributed by atoms with Gasteiger partial charge in [0.05, 0.1) is 6.61 Å². The number of hydrogen-bond donors (Lipinski definition) is 1. The molecule has 0 fully saturated rings. The number of aryl methyl sites for hydroxylation is 1. The summed E-state index contributed by atoms with van der Waals surface area (Å²) in [6.45, 7) is 4.73. The van der Waals surface area contributed by atoms with Crippen molar-refractivity contribution in [3.63, 3.8) is 0 Å². The molecule has 2 rings (SSSR count). The van der Waals surface area contributed by atoms with E-state index in [9.17, 15) is 4.79 Å². The molecule has 0 spiro atoms. The lowest BCUT2D eigenvalue weighted by atomic mass is 10.1. The summed E-state index contributed by atoms with van der Waals surface area (Å²) in [6.07, 6.45) is 0.972. The lowest BCUT2D eigenvalue weighted by molar-refractivity contribution is 0.102. The maximum atomic E-state index is 12.4. The van der Waals surface area contributed by atoms with E-state index >= 15 is 0 Å². The van der Waals surface area contributed by atoms with Crippen LogP contribution in [0.25, 0.3) is 0 Å². The van der Waals surface area contributed by atoms with Gasteiger partial charge in [-0.2, -0.15) is 0 Å². The van der Waals surface area contributed by atoms with E-state index in [2.05, 4.69) is 12.2 Å². The first-order valence-electron chi connectivity index (χ1n) is 7.83. The zero-order valence-corrected chi connectivity index (χ0v) is 14.2. The largest absolute Gasteiger partial charge is 0.494 e. The molecule has 122 valence electrons. The second-order valence-electron chi connectivity index (χ2n) is 5.72. The molecule has 0 radical (unpaired) electrons. The van der Waals surface area contributed by atoms with Gasteiger partial charge in [0.15, 0.2) is 0 Å². The van der Waals surface area contributed by atoms with Crippen molar-refractivity contribution in [1.29, 1.82) is 0 Å². The molecular formula is C19H24N2O2. The minimum absolute atomic E-state index is 0.112. The predicted molar refractivity (Wildman–Crippen MR) is 95.7 cm³/mol. The van der Waals surface area contributed by atoms with E-state index in [0.29, 0.717) is 12.2 Å². The van der Waals surface area contributed by atoms with Gasteiger partial charge in [-0.05, 0) is 55.3 Å².